The second kappa shape index (κ2) is 8.18. The van der Waals surface area contributed by atoms with Crippen molar-refractivity contribution < 1.29 is 19.0 Å². The van der Waals surface area contributed by atoms with Crippen LogP contribution in [-0.4, -0.2) is 29.5 Å². The fraction of sp³-hybridized carbons (Fsp3) is 0.120. The van der Waals surface area contributed by atoms with Gasteiger partial charge in [0.1, 0.15) is 23.1 Å². The third-order valence-corrected chi connectivity index (χ3v) is 5.94. The van der Waals surface area contributed by atoms with E-state index in [1.807, 2.05) is 36.0 Å². The molecular formula is C25H20F2N4O3. The van der Waals surface area contributed by atoms with E-state index in [0.717, 1.165) is 17.0 Å². The first-order valence-electron chi connectivity index (χ1n) is 10.5. The number of hydrogen-bond acceptors (Lipinski definition) is 4. The van der Waals surface area contributed by atoms with Gasteiger partial charge in [-0.15, -0.1) is 0 Å². The number of rotatable bonds is 5. The van der Waals surface area contributed by atoms with E-state index in [9.17, 15) is 23.8 Å². The van der Waals surface area contributed by atoms with Crippen LogP contribution in [-0.2, 0) is 19.9 Å². The average Bonchev–Trinajstić information content (AvgIpc) is 3.36. The predicted molar refractivity (Wildman–Crippen MR) is 123 cm³/mol. The summed E-state index contributed by atoms with van der Waals surface area (Å²) in [6, 6.07) is 13.6. The minimum atomic E-state index is -0.670. The Balaban J connectivity index is 1.56. The van der Waals surface area contributed by atoms with Crippen LogP contribution in [0.2, 0.25) is 0 Å². The zero-order valence-electron chi connectivity index (χ0n) is 18.1. The molecule has 2 heterocycles. The van der Waals surface area contributed by atoms with Gasteiger partial charge in [-0.2, -0.15) is 5.10 Å². The van der Waals surface area contributed by atoms with Gasteiger partial charge in [-0.05, 0) is 60.9 Å². The van der Waals surface area contributed by atoms with Crippen LogP contribution in [0.25, 0.3) is 28.0 Å². The van der Waals surface area contributed by atoms with E-state index in [4.69, 9.17) is 0 Å². The molecular weight excluding hydrogens is 442 g/mol. The molecule has 0 unspecified atom stereocenters. The van der Waals surface area contributed by atoms with Crippen LogP contribution in [0, 0.1) is 11.6 Å². The molecule has 3 aromatic carbocycles. The molecule has 0 aliphatic rings. The molecule has 9 heteroatoms. The zero-order valence-corrected chi connectivity index (χ0v) is 18.1. The first-order valence-corrected chi connectivity index (χ1v) is 10.5. The summed E-state index contributed by atoms with van der Waals surface area (Å²) in [4.78, 5) is 12.6. The molecule has 34 heavy (non-hydrogen) atoms. The molecule has 5 aromatic rings. The highest BCUT2D eigenvalue weighted by atomic mass is 19.1. The number of aromatic amines is 1. The van der Waals surface area contributed by atoms with Crippen LogP contribution < -0.4 is 5.69 Å². The average molecular weight is 462 g/mol. The van der Waals surface area contributed by atoms with Gasteiger partial charge >= 0.3 is 5.69 Å². The Kier molecular flexibility index (Phi) is 5.16. The highest BCUT2D eigenvalue weighted by Crippen LogP contribution is 2.35. The Morgan fingerprint density at radius 3 is 2.50 bits per heavy atom. The summed E-state index contributed by atoms with van der Waals surface area (Å²) in [6.45, 7) is 0. The predicted octanol–water partition coefficient (Wildman–Crippen LogP) is 4.19. The lowest BCUT2D eigenvalue weighted by atomic mass is 10.00. The summed E-state index contributed by atoms with van der Waals surface area (Å²) in [6.07, 6.45) is 2.00. The molecule has 172 valence electrons. The van der Waals surface area contributed by atoms with Crippen molar-refractivity contribution in [2.24, 2.45) is 7.05 Å². The number of halogens is 2. The van der Waals surface area contributed by atoms with Crippen molar-refractivity contribution >= 4 is 10.9 Å². The molecule has 7 nitrogen and oxygen atoms in total. The fourth-order valence-electron chi connectivity index (χ4n) is 4.16. The highest BCUT2D eigenvalue weighted by Gasteiger charge is 2.19. The number of phenols is 2. The molecule has 0 fully saturated rings. The van der Waals surface area contributed by atoms with E-state index in [1.54, 1.807) is 6.07 Å². The number of benzene rings is 3. The molecule has 0 aliphatic heterocycles. The maximum atomic E-state index is 14.0. The Labute approximate surface area is 192 Å². The standard InChI is InChI=1S/C25H20F2N4O3/c1-30-10-9-14-11-16(6-8-21(14)30)31-24(28-29-25(31)34)18-12-15(22(32)13-23(18)33)5-7-17-19(26)3-2-4-20(17)27/h2-4,6,8-13,32-33H,5,7H2,1H3,(H,29,34). The number of phenolic OH excluding ortho intramolecular Hbond substituents is 2. The summed E-state index contributed by atoms with van der Waals surface area (Å²) in [7, 11) is 1.92. The van der Waals surface area contributed by atoms with Crippen LogP contribution in [0.5, 0.6) is 11.5 Å². The summed E-state index contributed by atoms with van der Waals surface area (Å²) in [5.41, 5.74) is 1.45. The summed E-state index contributed by atoms with van der Waals surface area (Å²) in [5, 5.41) is 28.3. The molecule has 2 aromatic heterocycles. The third-order valence-electron chi connectivity index (χ3n) is 5.94. The van der Waals surface area contributed by atoms with Crippen molar-refractivity contribution in [3.8, 4) is 28.6 Å². The molecule has 0 bridgehead atoms. The minimum Gasteiger partial charge on any atom is -0.508 e. The first kappa shape index (κ1) is 21.4. The molecule has 0 aliphatic carbocycles. The third kappa shape index (κ3) is 3.61. The summed E-state index contributed by atoms with van der Waals surface area (Å²) >= 11 is 0. The minimum absolute atomic E-state index is 0.00563. The number of aromatic nitrogens is 4. The molecule has 0 saturated heterocycles. The van der Waals surface area contributed by atoms with Crippen molar-refractivity contribution in [3.63, 3.8) is 0 Å². The fourth-order valence-corrected chi connectivity index (χ4v) is 4.16. The van der Waals surface area contributed by atoms with E-state index < -0.39 is 17.3 Å². The smallest absolute Gasteiger partial charge is 0.348 e. The van der Waals surface area contributed by atoms with E-state index in [0.29, 0.717) is 11.3 Å². The van der Waals surface area contributed by atoms with Gasteiger partial charge in [-0.25, -0.2) is 23.2 Å². The van der Waals surface area contributed by atoms with E-state index in [1.165, 1.54) is 28.8 Å². The quantitative estimate of drug-likeness (QED) is 0.365. The number of aryl methyl sites for hydroxylation is 2. The maximum Gasteiger partial charge on any atom is 0.348 e. The Morgan fingerprint density at radius 2 is 1.74 bits per heavy atom. The first-order chi connectivity index (χ1) is 16.3. The van der Waals surface area contributed by atoms with Crippen LogP contribution >= 0.6 is 0 Å². The summed E-state index contributed by atoms with van der Waals surface area (Å²) in [5.74, 6) is -1.73. The van der Waals surface area contributed by atoms with E-state index >= 15 is 0 Å². The SMILES string of the molecule is Cn1ccc2cc(-n3c(-c4cc(CCc5c(F)cccc5F)c(O)cc4O)n[nH]c3=O)ccc21. The number of fused-ring (bicyclic) bond motifs is 1. The van der Waals surface area contributed by atoms with Gasteiger partial charge < -0.3 is 14.8 Å². The number of hydrogen-bond donors (Lipinski definition) is 3. The Bertz CT molecular complexity index is 1580. The second-order valence-electron chi connectivity index (χ2n) is 8.06. The van der Waals surface area contributed by atoms with Gasteiger partial charge in [0.25, 0.3) is 0 Å². The number of nitrogens with zero attached hydrogens (tertiary/aromatic N) is 3. The van der Waals surface area contributed by atoms with Gasteiger partial charge in [-0.3, -0.25) is 0 Å². The molecule has 0 spiro atoms. The van der Waals surface area contributed by atoms with Gasteiger partial charge in [-0.1, -0.05) is 6.07 Å². The van der Waals surface area contributed by atoms with Crippen molar-refractivity contribution in [3.05, 3.63) is 94.0 Å². The molecule has 0 amide bonds. The van der Waals surface area contributed by atoms with Crippen molar-refractivity contribution in [1.82, 2.24) is 19.3 Å². The van der Waals surface area contributed by atoms with Gasteiger partial charge in [0.05, 0.1) is 11.3 Å². The van der Waals surface area contributed by atoms with Crippen molar-refractivity contribution in [1.29, 1.82) is 0 Å². The lowest BCUT2D eigenvalue weighted by molar-refractivity contribution is 0.446. The monoisotopic (exact) mass is 462 g/mol. The van der Waals surface area contributed by atoms with Gasteiger partial charge in [0, 0.05) is 35.8 Å². The van der Waals surface area contributed by atoms with E-state index in [-0.39, 0.29) is 41.3 Å². The Morgan fingerprint density at radius 1 is 0.971 bits per heavy atom. The number of nitrogens with one attached hydrogen (secondary N) is 1. The lowest BCUT2D eigenvalue weighted by Crippen LogP contribution is -2.15. The van der Waals surface area contributed by atoms with Crippen molar-refractivity contribution in [2.45, 2.75) is 12.8 Å². The van der Waals surface area contributed by atoms with Crippen LogP contribution in [0.15, 0.2) is 65.6 Å². The van der Waals surface area contributed by atoms with Crippen molar-refractivity contribution in [2.75, 3.05) is 0 Å². The molecule has 5 rings (SSSR count). The van der Waals surface area contributed by atoms with Crippen LogP contribution in [0.1, 0.15) is 11.1 Å². The maximum absolute atomic E-state index is 14.0. The largest absolute Gasteiger partial charge is 0.508 e. The molecule has 0 atom stereocenters. The van der Waals surface area contributed by atoms with Crippen LogP contribution in [0.4, 0.5) is 8.78 Å². The topological polar surface area (TPSA) is 96.1 Å². The van der Waals surface area contributed by atoms with Crippen LogP contribution in [0.3, 0.4) is 0 Å². The second-order valence-corrected chi connectivity index (χ2v) is 8.06. The van der Waals surface area contributed by atoms with Gasteiger partial charge in [0.15, 0.2) is 5.82 Å². The Hall–Kier alpha value is -4.40. The normalized spacial score (nSPS) is 11.4. The highest BCUT2D eigenvalue weighted by molar-refractivity contribution is 5.82. The van der Waals surface area contributed by atoms with Gasteiger partial charge in [0.2, 0.25) is 0 Å². The molecule has 3 N–H and O–H groups in total. The summed E-state index contributed by atoms with van der Waals surface area (Å²) < 4.78 is 31.3. The molecule has 0 radical (unpaired) electrons. The number of aromatic hydroxyl groups is 2. The number of H-pyrrole nitrogens is 1. The van der Waals surface area contributed by atoms with E-state index in [2.05, 4.69) is 10.2 Å². The molecule has 0 saturated carbocycles. The lowest BCUT2D eigenvalue weighted by Gasteiger charge is -2.12. The zero-order chi connectivity index (χ0) is 24.0.